The molecule has 0 radical (unpaired) electrons. The van der Waals surface area contributed by atoms with Crippen molar-refractivity contribution in [2.75, 3.05) is 13.1 Å². The first-order valence-corrected chi connectivity index (χ1v) is 19.0. The van der Waals surface area contributed by atoms with Crippen molar-refractivity contribution in [2.45, 2.75) is 130 Å². The van der Waals surface area contributed by atoms with Crippen LogP contribution >= 0.6 is 0 Å². The molecule has 4 fully saturated rings. The highest BCUT2D eigenvalue weighted by Crippen LogP contribution is 2.65. The molecule has 5 aliphatic rings. The van der Waals surface area contributed by atoms with E-state index in [9.17, 15) is 28.8 Å². The normalized spacial score (nSPS) is 25.6. The SMILES string of the molecule is CCC(NC(=O)[C@@H]1[C@@H]2[C@H](CN1C(=O)[C@@H](NC(=O)N[C@H](CN1Cc3ccccc3C1=O)C(C)(C)C)C1CCCCC1)C2(C)C)C(=O)C(=O)NC1CC1. The fourth-order valence-corrected chi connectivity index (χ4v) is 8.65. The zero-order chi connectivity index (χ0) is 36.8. The van der Waals surface area contributed by atoms with Crippen LogP contribution in [-0.4, -0.2) is 88.5 Å². The van der Waals surface area contributed by atoms with E-state index in [4.69, 9.17) is 0 Å². The summed E-state index contributed by atoms with van der Waals surface area (Å²) in [6, 6.07) is 4.03. The van der Waals surface area contributed by atoms with Crippen LogP contribution in [0.4, 0.5) is 4.79 Å². The van der Waals surface area contributed by atoms with Gasteiger partial charge in [0.1, 0.15) is 12.1 Å². The molecule has 1 saturated heterocycles. The van der Waals surface area contributed by atoms with Crippen LogP contribution in [0.25, 0.3) is 0 Å². The molecule has 1 aromatic rings. The van der Waals surface area contributed by atoms with E-state index in [0.717, 1.165) is 50.5 Å². The summed E-state index contributed by atoms with van der Waals surface area (Å²) in [7, 11) is 0. The van der Waals surface area contributed by atoms with Crippen LogP contribution < -0.4 is 21.3 Å². The Kier molecular flexibility index (Phi) is 10.3. The number of hydrogen-bond donors (Lipinski definition) is 4. The molecule has 0 spiro atoms. The number of benzene rings is 1. The van der Waals surface area contributed by atoms with Gasteiger partial charge in [0.25, 0.3) is 11.8 Å². The molecular weight excluding hydrogens is 648 g/mol. The third kappa shape index (κ3) is 7.65. The van der Waals surface area contributed by atoms with Crippen LogP contribution in [0.2, 0.25) is 0 Å². The fraction of sp³-hybridized carbons (Fsp3) is 0.692. The number of urea groups is 1. The van der Waals surface area contributed by atoms with Gasteiger partial charge in [0.15, 0.2) is 0 Å². The van der Waals surface area contributed by atoms with Gasteiger partial charge in [0, 0.05) is 31.2 Å². The molecule has 12 heteroatoms. The molecule has 51 heavy (non-hydrogen) atoms. The van der Waals surface area contributed by atoms with Gasteiger partial charge in [0.05, 0.1) is 12.1 Å². The Hall–Kier alpha value is -3.96. The maximum Gasteiger partial charge on any atom is 0.315 e. The Balaban J connectivity index is 1.17. The summed E-state index contributed by atoms with van der Waals surface area (Å²) in [5.41, 5.74) is 1.08. The maximum absolute atomic E-state index is 14.6. The maximum atomic E-state index is 14.6. The number of hydrogen-bond acceptors (Lipinski definition) is 6. The van der Waals surface area contributed by atoms with Crippen LogP contribution in [0, 0.1) is 28.6 Å². The summed E-state index contributed by atoms with van der Waals surface area (Å²) in [6.07, 6.45) is 6.47. The number of ketones is 1. The number of carbonyl (C=O) groups excluding carboxylic acids is 6. The van der Waals surface area contributed by atoms with Crippen molar-refractivity contribution in [3.8, 4) is 0 Å². The first-order chi connectivity index (χ1) is 24.1. The average molecular weight is 705 g/mol. The number of fused-ring (bicyclic) bond motifs is 2. The molecule has 3 aliphatic carbocycles. The zero-order valence-corrected chi connectivity index (χ0v) is 31.1. The molecule has 12 nitrogen and oxygen atoms in total. The lowest BCUT2D eigenvalue weighted by molar-refractivity contribution is -0.144. The van der Waals surface area contributed by atoms with Crippen LogP contribution in [0.15, 0.2) is 24.3 Å². The second kappa shape index (κ2) is 14.2. The summed E-state index contributed by atoms with van der Waals surface area (Å²) >= 11 is 0. The van der Waals surface area contributed by atoms with Gasteiger partial charge in [-0.1, -0.05) is 79.0 Å². The van der Waals surface area contributed by atoms with Crippen LogP contribution in [-0.2, 0) is 25.7 Å². The average Bonchev–Trinajstić information content (AvgIpc) is 3.90. The summed E-state index contributed by atoms with van der Waals surface area (Å²) in [6.45, 7) is 13.2. The highest BCUT2D eigenvalue weighted by Gasteiger charge is 2.69. The minimum Gasteiger partial charge on any atom is -0.347 e. The lowest BCUT2D eigenvalue weighted by Crippen LogP contribution is -2.61. The van der Waals surface area contributed by atoms with E-state index < -0.39 is 53.2 Å². The number of nitrogens with one attached hydrogen (secondary N) is 4. The largest absolute Gasteiger partial charge is 0.347 e. The molecule has 6 atom stereocenters. The van der Waals surface area contributed by atoms with Crippen molar-refractivity contribution < 1.29 is 28.8 Å². The number of rotatable bonds is 12. The lowest BCUT2D eigenvalue weighted by Gasteiger charge is -2.38. The predicted molar refractivity (Wildman–Crippen MR) is 191 cm³/mol. The lowest BCUT2D eigenvalue weighted by atomic mass is 9.83. The minimum atomic E-state index is -0.989. The van der Waals surface area contributed by atoms with Gasteiger partial charge in [-0.3, -0.25) is 24.0 Å². The van der Waals surface area contributed by atoms with Crippen molar-refractivity contribution in [2.24, 2.45) is 28.6 Å². The number of nitrogens with zero attached hydrogens (tertiary/aromatic N) is 2. The highest BCUT2D eigenvalue weighted by atomic mass is 16.2. The molecule has 2 aliphatic heterocycles. The first kappa shape index (κ1) is 36.8. The van der Waals surface area contributed by atoms with E-state index in [1.54, 1.807) is 16.7 Å². The quantitative estimate of drug-likeness (QED) is 0.244. The van der Waals surface area contributed by atoms with E-state index in [0.29, 0.717) is 25.2 Å². The molecule has 1 unspecified atom stereocenters. The smallest absolute Gasteiger partial charge is 0.315 e. The van der Waals surface area contributed by atoms with Gasteiger partial charge in [-0.25, -0.2) is 4.79 Å². The van der Waals surface area contributed by atoms with E-state index in [1.807, 2.05) is 45.0 Å². The molecule has 6 rings (SSSR count). The van der Waals surface area contributed by atoms with Gasteiger partial charge >= 0.3 is 6.03 Å². The van der Waals surface area contributed by atoms with Crippen molar-refractivity contribution in [1.82, 2.24) is 31.1 Å². The zero-order valence-electron chi connectivity index (χ0n) is 31.1. The van der Waals surface area contributed by atoms with Crippen molar-refractivity contribution in [3.05, 3.63) is 35.4 Å². The predicted octanol–water partition coefficient (Wildman–Crippen LogP) is 3.53. The third-order valence-corrected chi connectivity index (χ3v) is 12.3. The number of amides is 6. The van der Waals surface area contributed by atoms with E-state index in [1.165, 1.54) is 0 Å². The van der Waals surface area contributed by atoms with Crippen LogP contribution in [0.1, 0.15) is 109 Å². The van der Waals surface area contributed by atoms with Crippen molar-refractivity contribution >= 4 is 35.4 Å². The molecule has 3 saturated carbocycles. The van der Waals surface area contributed by atoms with Gasteiger partial charge in [-0.05, 0) is 72.3 Å². The minimum absolute atomic E-state index is 0.0190. The van der Waals surface area contributed by atoms with E-state index in [2.05, 4.69) is 35.1 Å². The Bertz CT molecular complexity index is 1560. The Morgan fingerprint density at radius 3 is 2.25 bits per heavy atom. The molecule has 0 aromatic heterocycles. The van der Waals surface area contributed by atoms with Gasteiger partial charge < -0.3 is 31.1 Å². The summed E-state index contributed by atoms with van der Waals surface area (Å²) < 4.78 is 0. The summed E-state index contributed by atoms with van der Waals surface area (Å²) in [5, 5.41) is 11.7. The Morgan fingerprint density at radius 2 is 1.63 bits per heavy atom. The van der Waals surface area contributed by atoms with Crippen LogP contribution in [0.5, 0.6) is 0 Å². The van der Waals surface area contributed by atoms with Gasteiger partial charge in [0.2, 0.25) is 17.6 Å². The summed E-state index contributed by atoms with van der Waals surface area (Å²) in [5.74, 6) is -2.22. The fourth-order valence-electron chi connectivity index (χ4n) is 8.65. The molecule has 6 amide bonds. The van der Waals surface area contributed by atoms with E-state index >= 15 is 0 Å². The van der Waals surface area contributed by atoms with Crippen molar-refractivity contribution in [3.63, 3.8) is 0 Å². The second-order valence-electron chi connectivity index (χ2n) is 17.2. The summed E-state index contributed by atoms with van der Waals surface area (Å²) in [4.78, 5) is 84.8. The third-order valence-electron chi connectivity index (χ3n) is 12.3. The van der Waals surface area contributed by atoms with Crippen molar-refractivity contribution in [1.29, 1.82) is 0 Å². The Labute approximate surface area is 301 Å². The molecular formula is C39H56N6O6. The number of likely N-dealkylation sites (tertiary alicyclic amines) is 1. The number of piperidine rings is 1. The number of carbonyl (C=O) groups is 6. The Morgan fingerprint density at radius 1 is 0.941 bits per heavy atom. The molecule has 278 valence electrons. The van der Waals surface area contributed by atoms with Gasteiger partial charge in [-0.2, -0.15) is 0 Å². The number of Topliss-reactive ketones (excluding diaryl/α,β-unsaturated/α-hetero) is 1. The first-order valence-electron chi connectivity index (χ1n) is 19.0. The second-order valence-corrected chi connectivity index (χ2v) is 17.2. The van der Waals surface area contributed by atoms with E-state index in [-0.39, 0.29) is 47.4 Å². The van der Waals surface area contributed by atoms with Crippen LogP contribution in [0.3, 0.4) is 0 Å². The van der Waals surface area contributed by atoms with Gasteiger partial charge in [-0.15, -0.1) is 0 Å². The molecule has 2 heterocycles. The monoisotopic (exact) mass is 704 g/mol. The highest BCUT2D eigenvalue weighted by molar-refractivity contribution is 6.38. The molecule has 0 bridgehead atoms. The molecule has 1 aromatic carbocycles. The molecule has 4 N–H and O–H groups in total. The standard InChI is InChI=1S/C39H56N6O6/c1-7-27(32(46)34(48)40-24-17-18-24)41-33(47)31-29-26(39(29,5)6)20-45(31)36(50)30(22-13-9-8-10-14-22)43-37(51)42-28(38(2,3)4)21-44-19-23-15-11-12-16-25(23)35(44)49/h11-12,15-16,22,24,26-31H,7-10,13-14,17-21H2,1-6H3,(H,40,48)(H,41,47)(H2,42,43,51)/t26-,27?,28+,29-,30-,31-/m0/s1. The topological polar surface area (TPSA) is 157 Å².